The predicted molar refractivity (Wildman–Crippen MR) is 125 cm³/mol. The Morgan fingerprint density at radius 1 is 1.00 bits per heavy atom. The van der Waals surface area contributed by atoms with E-state index in [0.29, 0.717) is 18.7 Å². The first-order valence-electron chi connectivity index (χ1n) is 10.3. The van der Waals surface area contributed by atoms with Gasteiger partial charge in [0.15, 0.2) is 0 Å². The predicted octanol–water partition coefficient (Wildman–Crippen LogP) is 5.35. The van der Waals surface area contributed by atoms with Gasteiger partial charge in [-0.05, 0) is 65.2 Å². The van der Waals surface area contributed by atoms with E-state index in [9.17, 15) is 4.79 Å². The Kier molecular flexibility index (Phi) is 4.72. The van der Waals surface area contributed by atoms with Crippen molar-refractivity contribution in [1.29, 1.82) is 0 Å². The number of primary amides is 1. The molecule has 0 spiro atoms. The minimum Gasteiger partial charge on any atom is -0.380 e. The molecule has 1 radical (unpaired) electrons. The molecule has 5 aromatic rings. The smallest absolute Gasteiger partial charge is 0.249 e. The van der Waals surface area contributed by atoms with E-state index in [-0.39, 0.29) is 0 Å². The van der Waals surface area contributed by atoms with Gasteiger partial charge < -0.3 is 15.0 Å². The van der Waals surface area contributed by atoms with E-state index in [1.807, 2.05) is 18.2 Å². The Labute approximate surface area is 180 Å². The maximum atomic E-state index is 12.1. The average molecular weight is 407 g/mol. The Morgan fingerprint density at radius 2 is 1.81 bits per heavy atom. The van der Waals surface area contributed by atoms with E-state index < -0.39 is 5.91 Å². The number of nitrogens with zero attached hydrogens (tertiary/aromatic N) is 1. The lowest BCUT2D eigenvalue weighted by molar-refractivity contribution is 0.100. The summed E-state index contributed by atoms with van der Waals surface area (Å²) in [6.45, 7) is 3.29. The molecule has 4 nitrogen and oxygen atoms in total. The van der Waals surface area contributed by atoms with E-state index in [4.69, 9.17) is 10.5 Å². The molecule has 1 heterocycles. The molecule has 0 bridgehead atoms. The first kappa shape index (κ1) is 19.3. The van der Waals surface area contributed by atoms with Gasteiger partial charge in [0.1, 0.15) is 0 Å². The van der Waals surface area contributed by atoms with Crippen molar-refractivity contribution < 1.29 is 9.53 Å². The zero-order valence-corrected chi connectivity index (χ0v) is 17.6. The molecule has 1 amide bonds. The number of benzene rings is 4. The molecule has 0 aliphatic heterocycles. The highest BCUT2D eigenvalue weighted by molar-refractivity contribution is 6.17. The molecule has 4 aromatic carbocycles. The third-order valence-corrected chi connectivity index (χ3v) is 5.83. The molecule has 0 saturated heterocycles. The maximum Gasteiger partial charge on any atom is 0.249 e. The molecule has 0 fully saturated rings. The Bertz CT molecular complexity index is 1460. The Hall–Kier alpha value is -3.63. The number of fused-ring (bicyclic) bond motifs is 4. The zero-order chi connectivity index (χ0) is 21.5. The topological polar surface area (TPSA) is 57.2 Å². The number of rotatable bonds is 5. The van der Waals surface area contributed by atoms with E-state index in [1.165, 1.54) is 21.9 Å². The van der Waals surface area contributed by atoms with Crippen LogP contribution >= 0.6 is 0 Å². The lowest BCUT2D eigenvalue weighted by Gasteiger charge is -2.10. The number of aromatic nitrogens is 1. The van der Waals surface area contributed by atoms with Crippen molar-refractivity contribution >= 4 is 38.5 Å². The van der Waals surface area contributed by atoms with Crippen LogP contribution in [0.5, 0.6) is 0 Å². The number of nitrogens with two attached hydrogens (primary N) is 1. The van der Waals surface area contributed by atoms with Gasteiger partial charge in [-0.15, -0.1) is 0 Å². The average Bonchev–Trinajstić information content (AvgIpc) is 3.07. The van der Waals surface area contributed by atoms with Crippen LogP contribution in [-0.2, 0) is 17.9 Å². The van der Waals surface area contributed by atoms with Gasteiger partial charge in [-0.3, -0.25) is 4.79 Å². The standard InChI is InChI=1S/C27H23N2O2/c1-17-6-9-21-13-18(7-10-20(21)12-17)15-29-24-5-3-4-23(27(28)30)26(24)22-11-8-19(16-31-2)14-25(22)29/h3-10,12-14H,15-16H2,1-2H3,(H2,28,30). The fraction of sp³-hybridized carbons (Fsp3) is 0.148. The van der Waals surface area contributed by atoms with Crippen LogP contribution in [-0.4, -0.2) is 17.6 Å². The third-order valence-electron chi connectivity index (χ3n) is 5.83. The summed E-state index contributed by atoms with van der Waals surface area (Å²) in [5.41, 5.74) is 11.7. The van der Waals surface area contributed by atoms with E-state index in [1.54, 1.807) is 13.2 Å². The molecule has 4 heteroatoms. The van der Waals surface area contributed by atoms with Gasteiger partial charge in [0, 0.05) is 30.0 Å². The molecule has 5 rings (SSSR count). The molecule has 0 unspecified atom stereocenters. The summed E-state index contributed by atoms with van der Waals surface area (Å²) >= 11 is 0. The summed E-state index contributed by atoms with van der Waals surface area (Å²) in [4.78, 5) is 12.1. The van der Waals surface area contributed by atoms with Crippen LogP contribution in [0.1, 0.15) is 27.0 Å². The molecule has 2 N–H and O–H groups in total. The highest BCUT2D eigenvalue weighted by Crippen LogP contribution is 2.33. The second-order valence-electron chi connectivity index (χ2n) is 8.04. The first-order valence-corrected chi connectivity index (χ1v) is 10.3. The minimum atomic E-state index is -0.430. The molecule has 1 aromatic heterocycles. The summed E-state index contributed by atoms with van der Waals surface area (Å²) in [6, 6.07) is 26.2. The highest BCUT2D eigenvalue weighted by Gasteiger charge is 2.17. The van der Waals surface area contributed by atoms with Gasteiger partial charge in [-0.1, -0.05) is 42.0 Å². The number of aryl methyl sites for hydroxylation is 1. The van der Waals surface area contributed by atoms with Gasteiger partial charge in [0.2, 0.25) is 5.91 Å². The normalized spacial score (nSPS) is 11.5. The van der Waals surface area contributed by atoms with Gasteiger partial charge in [0.25, 0.3) is 0 Å². The summed E-state index contributed by atoms with van der Waals surface area (Å²) in [7, 11) is 1.68. The molecular formula is C27H23N2O2. The van der Waals surface area contributed by atoms with Crippen LogP contribution in [0, 0.1) is 13.0 Å². The molecule has 0 aliphatic carbocycles. The van der Waals surface area contributed by atoms with Crippen molar-refractivity contribution in [2.45, 2.75) is 20.1 Å². The Balaban J connectivity index is 1.74. The number of hydrogen-bond donors (Lipinski definition) is 1. The summed E-state index contributed by atoms with van der Waals surface area (Å²) in [6.07, 6.45) is 0. The van der Waals surface area contributed by atoms with Crippen LogP contribution in [0.2, 0.25) is 0 Å². The van der Waals surface area contributed by atoms with Crippen LogP contribution < -0.4 is 5.73 Å². The largest absolute Gasteiger partial charge is 0.380 e. The number of ether oxygens (including phenoxy) is 1. The zero-order valence-electron chi connectivity index (χ0n) is 17.6. The number of amides is 1. The van der Waals surface area contributed by atoms with Crippen molar-refractivity contribution in [1.82, 2.24) is 4.57 Å². The van der Waals surface area contributed by atoms with Gasteiger partial charge >= 0.3 is 0 Å². The summed E-state index contributed by atoms with van der Waals surface area (Å²) < 4.78 is 7.56. The van der Waals surface area contributed by atoms with Crippen molar-refractivity contribution in [2.75, 3.05) is 7.11 Å². The number of hydrogen-bond acceptors (Lipinski definition) is 2. The fourth-order valence-corrected chi connectivity index (χ4v) is 4.42. The summed E-state index contributed by atoms with van der Waals surface area (Å²) in [5.74, 6) is -0.430. The van der Waals surface area contributed by atoms with Crippen LogP contribution in [0.3, 0.4) is 0 Å². The van der Waals surface area contributed by atoms with E-state index in [2.05, 4.69) is 60.0 Å². The Morgan fingerprint density at radius 3 is 2.61 bits per heavy atom. The number of carbonyl (C=O) groups is 1. The summed E-state index contributed by atoms with van der Waals surface area (Å²) in [5, 5.41) is 4.21. The number of carbonyl (C=O) groups excluding carboxylic acids is 1. The molecule has 153 valence electrons. The van der Waals surface area contributed by atoms with Gasteiger partial charge in [0.05, 0.1) is 17.6 Å². The highest BCUT2D eigenvalue weighted by atomic mass is 16.5. The lowest BCUT2D eigenvalue weighted by atomic mass is 10.0. The third kappa shape index (κ3) is 3.35. The maximum absolute atomic E-state index is 12.1. The molecule has 0 saturated carbocycles. The van der Waals surface area contributed by atoms with E-state index in [0.717, 1.165) is 27.4 Å². The van der Waals surface area contributed by atoms with E-state index >= 15 is 0 Å². The first-order chi connectivity index (χ1) is 15.0. The molecule has 0 atom stereocenters. The second-order valence-corrected chi connectivity index (χ2v) is 8.04. The SMILES string of the molecule is COCc1c[c]c2c3c(C(N)=O)cccc3n(Cc3ccc4cc(C)ccc4c3)c2c1. The second kappa shape index (κ2) is 7.56. The quantitative estimate of drug-likeness (QED) is 0.427. The lowest BCUT2D eigenvalue weighted by Crippen LogP contribution is -2.11. The number of methoxy groups -OCH3 is 1. The molecular weight excluding hydrogens is 384 g/mol. The van der Waals surface area contributed by atoms with Gasteiger partial charge in [-0.2, -0.15) is 0 Å². The van der Waals surface area contributed by atoms with Crippen molar-refractivity contribution in [2.24, 2.45) is 5.73 Å². The molecule has 0 aliphatic rings. The van der Waals surface area contributed by atoms with Crippen molar-refractivity contribution in [3.63, 3.8) is 0 Å². The van der Waals surface area contributed by atoms with Crippen LogP contribution in [0.4, 0.5) is 0 Å². The van der Waals surface area contributed by atoms with Gasteiger partial charge in [-0.25, -0.2) is 0 Å². The minimum absolute atomic E-state index is 0.430. The molecule has 31 heavy (non-hydrogen) atoms. The monoisotopic (exact) mass is 407 g/mol. The van der Waals surface area contributed by atoms with Crippen molar-refractivity contribution in [3.05, 3.63) is 95.1 Å². The van der Waals surface area contributed by atoms with Crippen LogP contribution in [0.15, 0.2) is 66.7 Å². The van der Waals surface area contributed by atoms with Crippen molar-refractivity contribution in [3.8, 4) is 0 Å². The van der Waals surface area contributed by atoms with Crippen LogP contribution in [0.25, 0.3) is 32.6 Å². The fourth-order valence-electron chi connectivity index (χ4n) is 4.42.